The molecule has 2 heterocycles. The molecule has 2 aromatic heterocycles. The molecule has 7 nitrogen and oxygen atoms in total. The maximum atomic E-state index is 12.4. The molecule has 2 rings (SSSR count). The summed E-state index contributed by atoms with van der Waals surface area (Å²) in [6.07, 6.45) is -0.603. The third-order valence-corrected chi connectivity index (χ3v) is 3.00. The molecule has 0 aliphatic heterocycles. The SMILES string of the molecule is [2H][C@H](O)C([2H])([2H])CCCn1c(=O)c2c(ncn2C)n(C)c1=O. The van der Waals surface area contributed by atoms with Gasteiger partial charge in [0.05, 0.1) is 7.70 Å². The van der Waals surface area contributed by atoms with Crippen molar-refractivity contribution in [3.05, 3.63) is 27.2 Å². The van der Waals surface area contributed by atoms with Crippen LogP contribution in [0.5, 0.6) is 0 Å². The summed E-state index contributed by atoms with van der Waals surface area (Å²) in [7, 11) is 3.17. The van der Waals surface area contributed by atoms with E-state index < -0.39 is 24.2 Å². The molecule has 0 amide bonds. The van der Waals surface area contributed by atoms with E-state index in [2.05, 4.69) is 4.98 Å². The average molecular weight is 269 g/mol. The standard InChI is InChI=1S/C12H18N4O3/c1-14-8-13-10-9(14)11(18)16(12(19)15(10)2)6-4-3-5-7-17/h8,17H,3-7H2,1-2H3/i5D2,7D/t7-/m0/s1. The molecule has 0 aliphatic carbocycles. The van der Waals surface area contributed by atoms with Gasteiger partial charge in [0.2, 0.25) is 0 Å². The predicted octanol–water partition coefficient (Wildman–Crippen LogP) is -0.404. The highest BCUT2D eigenvalue weighted by molar-refractivity contribution is 5.69. The summed E-state index contributed by atoms with van der Waals surface area (Å²) in [5.74, 6) is 0. The zero-order chi connectivity index (χ0) is 16.7. The summed E-state index contributed by atoms with van der Waals surface area (Å²) in [6.45, 7) is -1.84. The van der Waals surface area contributed by atoms with Crippen LogP contribution in [-0.4, -0.2) is 30.4 Å². The van der Waals surface area contributed by atoms with Gasteiger partial charge in [-0.25, -0.2) is 9.78 Å². The second-order valence-corrected chi connectivity index (χ2v) is 4.26. The van der Waals surface area contributed by atoms with Gasteiger partial charge in [-0.15, -0.1) is 0 Å². The highest BCUT2D eigenvalue weighted by Gasteiger charge is 2.14. The molecule has 0 aromatic carbocycles. The Labute approximate surface area is 113 Å². The highest BCUT2D eigenvalue weighted by Crippen LogP contribution is 2.03. The van der Waals surface area contributed by atoms with Crippen LogP contribution in [-0.2, 0) is 20.6 Å². The summed E-state index contributed by atoms with van der Waals surface area (Å²) in [5, 5.41) is 9.03. The second-order valence-electron chi connectivity index (χ2n) is 4.26. The molecule has 1 N–H and O–H groups in total. The minimum atomic E-state index is -2.08. The van der Waals surface area contributed by atoms with Crippen molar-refractivity contribution in [1.82, 2.24) is 18.7 Å². The van der Waals surface area contributed by atoms with Crippen molar-refractivity contribution in [2.45, 2.75) is 25.8 Å². The Kier molecular flexibility index (Phi) is 2.83. The van der Waals surface area contributed by atoms with Crippen LogP contribution >= 0.6 is 0 Å². The fourth-order valence-corrected chi connectivity index (χ4v) is 2.00. The Morgan fingerprint density at radius 3 is 2.79 bits per heavy atom. The number of aryl methyl sites for hydroxylation is 2. The Hall–Kier alpha value is -1.89. The minimum Gasteiger partial charge on any atom is -0.396 e. The van der Waals surface area contributed by atoms with Gasteiger partial charge < -0.3 is 9.67 Å². The fraction of sp³-hybridized carbons (Fsp3) is 0.583. The summed E-state index contributed by atoms with van der Waals surface area (Å²) in [5.41, 5.74) is -0.412. The average Bonchev–Trinajstić information content (AvgIpc) is 2.82. The van der Waals surface area contributed by atoms with Gasteiger partial charge in [0, 0.05) is 30.0 Å². The van der Waals surface area contributed by atoms with Crippen LogP contribution in [0.2, 0.25) is 0 Å². The zero-order valence-corrected chi connectivity index (χ0v) is 10.8. The fourth-order valence-electron chi connectivity index (χ4n) is 2.00. The Balaban J connectivity index is 2.35. The number of fused-ring (bicyclic) bond motifs is 1. The van der Waals surface area contributed by atoms with Crippen molar-refractivity contribution in [2.24, 2.45) is 14.1 Å². The number of aliphatic hydroxyl groups excluding tert-OH is 1. The van der Waals surface area contributed by atoms with Gasteiger partial charge in [-0.2, -0.15) is 0 Å². The molecule has 0 fully saturated rings. The van der Waals surface area contributed by atoms with E-state index in [4.69, 9.17) is 9.22 Å². The van der Waals surface area contributed by atoms with Crippen molar-refractivity contribution in [1.29, 1.82) is 0 Å². The van der Waals surface area contributed by atoms with Crippen LogP contribution in [0.4, 0.5) is 0 Å². The number of imidazole rings is 1. The molecule has 2 aromatic rings. The summed E-state index contributed by atoms with van der Waals surface area (Å²) in [6, 6.07) is 0. The van der Waals surface area contributed by atoms with Crippen molar-refractivity contribution in [2.75, 3.05) is 6.58 Å². The molecule has 0 radical (unpaired) electrons. The zero-order valence-electron chi connectivity index (χ0n) is 13.8. The topological polar surface area (TPSA) is 82.1 Å². The van der Waals surface area contributed by atoms with Crippen molar-refractivity contribution in [3.8, 4) is 0 Å². The van der Waals surface area contributed by atoms with E-state index >= 15 is 0 Å². The molecular weight excluding hydrogens is 248 g/mol. The van der Waals surface area contributed by atoms with E-state index in [9.17, 15) is 9.59 Å². The predicted molar refractivity (Wildman–Crippen MR) is 71.2 cm³/mol. The van der Waals surface area contributed by atoms with Crippen LogP contribution < -0.4 is 11.2 Å². The molecule has 19 heavy (non-hydrogen) atoms. The van der Waals surface area contributed by atoms with Crippen LogP contribution in [0.1, 0.15) is 23.3 Å². The lowest BCUT2D eigenvalue weighted by Gasteiger charge is -2.08. The van der Waals surface area contributed by atoms with E-state index in [1.807, 2.05) is 0 Å². The number of rotatable bonds is 5. The molecular formula is C12H18N4O3. The van der Waals surface area contributed by atoms with Gasteiger partial charge in [0.15, 0.2) is 11.2 Å². The van der Waals surface area contributed by atoms with Crippen LogP contribution in [0.3, 0.4) is 0 Å². The Morgan fingerprint density at radius 2 is 2.11 bits per heavy atom. The number of hydrogen-bond donors (Lipinski definition) is 1. The molecule has 1 atom stereocenters. The van der Waals surface area contributed by atoms with Crippen molar-refractivity contribution in [3.63, 3.8) is 0 Å². The number of hydrogen-bond acceptors (Lipinski definition) is 4. The van der Waals surface area contributed by atoms with Gasteiger partial charge in [0.25, 0.3) is 5.56 Å². The highest BCUT2D eigenvalue weighted by atomic mass is 16.3. The summed E-state index contributed by atoms with van der Waals surface area (Å²) >= 11 is 0. The van der Waals surface area contributed by atoms with Gasteiger partial charge in [0.1, 0.15) is 0 Å². The number of aromatic nitrogens is 4. The third-order valence-electron chi connectivity index (χ3n) is 3.00. The lowest BCUT2D eigenvalue weighted by molar-refractivity contribution is 0.281. The maximum absolute atomic E-state index is 12.4. The maximum Gasteiger partial charge on any atom is 0.332 e. The van der Waals surface area contributed by atoms with Gasteiger partial charge in [-0.05, 0) is 19.2 Å². The number of aliphatic hydroxyl groups is 1. The van der Waals surface area contributed by atoms with E-state index in [1.165, 1.54) is 22.5 Å². The van der Waals surface area contributed by atoms with Gasteiger partial charge in [-0.1, -0.05) is 0 Å². The van der Waals surface area contributed by atoms with E-state index in [0.717, 1.165) is 4.57 Å². The molecule has 7 heteroatoms. The quantitative estimate of drug-likeness (QED) is 0.800. The van der Waals surface area contributed by atoms with Crippen LogP contribution in [0.15, 0.2) is 15.9 Å². The first kappa shape index (κ1) is 9.96. The van der Waals surface area contributed by atoms with E-state index in [1.54, 1.807) is 7.05 Å². The summed E-state index contributed by atoms with van der Waals surface area (Å²) < 4.78 is 25.8. The van der Waals surface area contributed by atoms with Gasteiger partial charge in [-0.3, -0.25) is 13.9 Å². The largest absolute Gasteiger partial charge is 0.396 e. The molecule has 0 bridgehead atoms. The molecule has 0 saturated carbocycles. The van der Waals surface area contributed by atoms with Crippen molar-refractivity contribution < 1.29 is 9.22 Å². The monoisotopic (exact) mass is 269 g/mol. The lowest BCUT2D eigenvalue weighted by atomic mass is 10.2. The molecule has 104 valence electrons. The Morgan fingerprint density at radius 1 is 1.37 bits per heavy atom. The van der Waals surface area contributed by atoms with Gasteiger partial charge >= 0.3 is 5.69 Å². The van der Waals surface area contributed by atoms with Crippen LogP contribution in [0.25, 0.3) is 11.2 Å². The molecule has 0 spiro atoms. The first-order valence-electron chi connectivity index (χ1n) is 7.45. The Bertz CT molecular complexity index is 806. The van der Waals surface area contributed by atoms with Crippen molar-refractivity contribution >= 4 is 11.2 Å². The lowest BCUT2D eigenvalue weighted by Crippen LogP contribution is -2.39. The first-order valence-corrected chi connectivity index (χ1v) is 5.88. The molecule has 0 aliphatic rings. The van der Waals surface area contributed by atoms with E-state index in [-0.39, 0.29) is 19.4 Å². The summed E-state index contributed by atoms with van der Waals surface area (Å²) in [4.78, 5) is 28.6. The molecule has 0 unspecified atom stereocenters. The number of nitrogens with zero attached hydrogens (tertiary/aromatic N) is 4. The minimum absolute atomic E-state index is 0.0128. The first-order chi connectivity index (χ1) is 10.2. The second kappa shape index (κ2) is 5.40. The van der Waals surface area contributed by atoms with Crippen LogP contribution in [0, 0.1) is 0 Å². The molecule has 0 saturated heterocycles. The van der Waals surface area contributed by atoms with E-state index in [0.29, 0.717) is 11.2 Å². The smallest absolute Gasteiger partial charge is 0.332 e. The normalized spacial score (nSPS) is 16.1. The third kappa shape index (κ3) is 2.33.